The molecule has 5 heteroatoms. The Labute approximate surface area is 117 Å². The van der Waals surface area contributed by atoms with E-state index in [0.717, 1.165) is 9.35 Å². The normalized spacial score (nSPS) is 10.4. The molecule has 0 aliphatic heterocycles. The van der Waals surface area contributed by atoms with Gasteiger partial charge in [-0.2, -0.15) is 0 Å². The summed E-state index contributed by atoms with van der Waals surface area (Å²) in [5.41, 5.74) is 2.19. The lowest BCUT2D eigenvalue weighted by Crippen LogP contribution is -2.16. The van der Waals surface area contributed by atoms with Crippen LogP contribution in [0, 0.1) is 5.82 Å². The number of anilines is 1. The number of aldehydes is 1. The van der Waals surface area contributed by atoms with E-state index in [1.807, 2.05) is 23.4 Å². The fourth-order valence-electron chi connectivity index (χ4n) is 1.68. The van der Waals surface area contributed by atoms with Crippen LogP contribution in [0.25, 0.3) is 0 Å². The molecule has 0 saturated carbocycles. The van der Waals surface area contributed by atoms with Crippen LogP contribution in [0.3, 0.4) is 0 Å². The topological polar surface area (TPSA) is 20.3 Å². The van der Waals surface area contributed by atoms with Gasteiger partial charge < -0.3 is 4.90 Å². The summed E-state index contributed by atoms with van der Waals surface area (Å²) in [6.45, 7) is 0.670. The van der Waals surface area contributed by atoms with Crippen LogP contribution in [0.1, 0.15) is 15.9 Å². The molecule has 0 radical (unpaired) electrons. The van der Waals surface area contributed by atoms with E-state index in [2.05, 4.69) is 15.9 Å². The Kier molecular flexibility index (Phi) is 4.14. The first-order valence-corrected chi connectivity index (χ1v) is 6.95. The number of hydrogen-bond acceptors (Lipinski definition) is 3. The Morgan fingerprint density at radius 2 is 2.17 bits per heavy atom. The van der Waals surface area contributed by atoms with E-state index in [9.17, 15) is 9.18 Å². The van der Waals surface area contributed by atoms with Crippen LogP contribution in [0.15, 0.2) is 33.4 Å². The molecule has 0 saturated heterocycles. The number of halogens is 2. The van der Waals surface area contributed by atoms with Crippen molar-refractivity contribution in [2.24, 2.45) is 0 Å². The predicted molar refractivity (Wildman–Crippen MR) is 75.9 cm³/mol. The van der Waals surface area contributed by atoms with Gasteiger partial charge in [-0.25, -0.2) is 4.39 Å². The fraction of sp³-hybridized carbons (Fsp3) is 0.154. The van der Waals surface area contributed by atoms with E-state index in [0.29, 0.717) is 24.1 Å². The van der Waals surface area contributed by atoms with Crippen molar-refractivity contribution >= 4 is 39.2 Å². The van der Waals surface area contributed by atoms with E-state index in [-0.39, 0.29) is 0 Å². The van der Waals surface area contributed by atoms with Gasteiger partial charge in [0.05, 0.1) is 3.79 Å². The van der Waals surface area contributed by atoms with Crippen LogP contribution in [0.5, 0.6) is 0 Å². The molecule has 0 fully saturated rings. The Hall–Kier alpha value is -1.20. The summed E-state index contributed by atoms with van der Waals surface area (Å²) in [6, 6.07) is 6.36. The molecular weight excluding hydrogens is 317 g/mol. The first-order valence-electron chi connectivity index (χ1n) is 5.28. The van der Waals surface area contributed by atoms with E-state index in [4.69, 9.17) is 0 Å². The average molecular weight is 328 g/mol. The van der Waals surface area contributed by atoms with E-state index < -0.39 is 5.82 Å². The van der Waals surface area contributed by atoms with Crippen LogP contribution < -0.4 is 4.90 Å². The molecule has 0 aliphatic rings. The third kappa shape index (κ3) is 3.17. The van der Waals surface area contributed by atoms with Crippen molar-refractivity contribution in [2.75, 3.05) is 11.9 Å². The second kappa shape index (κ2) is 5.63. The molecule has 1 aromatic carbocycles. The summed E-state index contributed by atoms with van der Waals surface area (Å²) in [5.74, 6) is -0.395. The zero-order valence-corrected chi connectivity index (χ0v) is 12.1. The summed E-state index contributed by atoms with van der Waals surface area (Å²) >= 11 is 5.02. The Bertz CT molecular complexity index is 570. The molecule has 1 aromatic heterocycles. The standard InChI is InChI=1S/C13H11BrFNOS/c1-16(6-10-4-13(14)18-8-10)12-3-9(7-17)2-11(15)5-12/h2-5,7-8H,6H2,1H3. The second-order valence-electron chi connectivity index (χ2n) is 3.98. The molecule has 2 aromatic rings. The monoisotopic (exact) mass is 327 g/mol. The zero-order valence-electron chi connectivity index (χ0n) is 9.69. The molecule has 0 amide bonds. The Morgan fingerprint density at radius 3 is 2.78 bits per heavy atom. The van der Waals surface area contributed by atoms with Crippen molar-refractivity contribution in [1.29, 1.82) is 0 Å². The Morgan fingerprint density at radius 1 is 1.39 bits per heavy atom. The van der Waals surface area contributed by atoms with Crippen molar-refractivity contribution in [3.63, 3.8) is 0 Å². The number of benzene rings is 1. The molecule has 0 aliphatic carbocycles. The van der Waals surface area contributed by atoms with Crippen molar-refractivity contribution in [1.82, 2.24) is 0 Å². The van der Waals surface area contributed by atoms with E-state index in [1.165, 1.54) is 12.1 Å². The van der Waals surface area contributed by atoms with Gasteiger partial charge in [-0.1, -0.05) is 0 Å². The lowest BCUT2D eigenvalue weighted by atomic mass is 10.2. The highest BCUT2D eigenvalue weighted by molar-refractivity contribution is 9.11. The highest BCUT2D eigenvalue weighted by atomic mass is 79.9. The number of hydrogen-bond donors (Lipinski definition) is 0. The third-order valence-electron chi connectivity index (χ3n) is 2.52. The van der Waals surface area contributed by atoms with Crippen molar-refractivity contribution < 1.29 is 9.18 Å². The van der Waals surface area contributed by atoms with Crippen LogP contribution >= 0.6 is 27.3 Å². The van der Waals surface area contributed by atoms with E-state index >= 15 is 0 Å². The van der Waals surface area contributed by atoms with Gasteiger partial charge in [0.2, 0.25) is 0 Å². The lowest BCUT2D eigenvalue weighted by molar-refractivity contribution is 0.112. The van der Waals surface area contributed by atoms with Gasteiger partial charge in [-0.3, -0.25) is 4.79 Å². The van der Waals surface area contributed by atoms with Crippen molar-refractivity contribution in [3.8, 4) is 0 Å². The van der Waals surface area contributed by atoms with Gasteiger partial charge in [0, 0.05) is 24.8 Å². The van der Waals surface area contributed by atoms with Gasteiger partial charge in [0.25, 0.3) is 0 Å². The molecule has 2 rings (SSSR count). The smallest absolute Gasteiger partial charge is 0.150 e. The molecule has 1 heterocycles. The van der Waals surface area contributed by atoms with Crippen LogP contribution in [-0.2, 0) is 6.54 Å². The second-order valence-corrected chi connectivity index (χ2v) is 6.27. The summed E-state index contributed by atoms with van der Waals surface area (Å²) in [5, 5.41) is 2.04. The number of nitrogens with zero attached hydrogens (tertiary/aromatic N) is 1. The van der Waals surface area contributed by atoms with Gasteiger partial charge in [0.15, 0.2) is 0 Å². The zero-order chi connectivity index (χ0) is 13.1. The molecular formula is C13H11BrFNOS. The highest BCUT2D eigenvalue weighted by Gasteiger charge is 2.07. The molecule has 2 nitrogen and oxygen atoms in total. The van der Waals surface area contributed by atoms with Gasteiger partial charge in [-0.05, 0) is 51.1 Å². The molecule has 0 unspecified atom stereocenters. The minimum absolute atomic E-state index is 0.350. The summed E-state index contributed by atoms with van der Waals surface area (Å²) in [7, 11) is 1.87. The maximum Gasteiger partial charge on any atom is 0.150 e. The molecule has 0 atom stereocenters. The first-order chi connectivity index (χ1) is 8.58. The SMILES string of the molecule is CN(Cc1csc(Br)c1)c1cc(F)cc(C=O)c1. The molecule has 18 heavy (non-hydrogen) atoms. The quantitative estimate of drug-likeness (QED) is 0.788. The number of carbonyl (C=O) groups is 1. The van der Waals surface area contributed by atoms with Gasteiger partial charge in [-0.15, -0.1) is 11.3 Å². The Balaban J connectivity index is 2.20. The maximum absolute atomic E-state index is 13.3. The maximum atomic E-state index is 13.3. The van der Waals surface area contributed by atoms with Crippen LogP contribution in [0.4, 0.5) is 10.1 Å². The average Bonchev–Trinajstić information content (AvgIpc) is 2.73. The summed E-state index contributed by atoms with van der Waals surface area (Å²) in [4.78, 5) is 12.6. The number of rotatable bonds is 4. The molecule has 0 bridgehead atoms. The lowest BCUT2D eigenvalue weighted by Gasteiger charge is -2.19. The summed E-state index contributed by atoms with van der Waals surface area (Å²) < 4.78 is 14.4. The minimum Gasteiger partial charge on any atom is -0.370 e. The minimum atomic E-state index is -0.395. The van der Waals surface area contributed by atoms with E-state index in [1.54, 1.807) is 17.4 Å². The van der Waals surface area contributed by atoms with Crippen molar-refractivity contribution in [3.05, 3.63) is 50.4 Å². The van der Waals surface area contributed by atoms with Gasteiger partial charge >= 0.3 is 0 Å². The summed E-state index contributed by atoms with van der Waals surface area (Å²) in [6.07, 6.45) is 0.654. The highest BCUT2D eigenvalue weighted by Crippen LogP contribution is 2.24. The fourth-order valence-corrected chi connectivity index (χ4v) is 2.88. The van der Waals surface area contributed by atoms with Gasteiger partial charge in [0.1, 0.15) is 12.1 Å². The van der Waals surface area contributed by atoms with Crippen LogP contribution in [0.2, 0.25) is 0 Å². The van der Waals surface area contributed by atoms with Crippen molar-refractivity contribution in [2.45, 2.75) is 6.54 Å². The number of thiophene rings is 1. The molecule has 0 spiro atoms. The molecule has 94 valence electrons. The largest absolute Gasteiger partial charge is 0.370 e. The third-order valence-corrected chi connectivity index (χ3v) is 4.08. The van der Waals surface area contributed by atoms with Crippen LogP contribution in [-0.4, -0.2) is 13.3 Å². The number of carbonyl (C=O) groups excluding carboxylic acids is 1. The first kappa shape index (κ1) is 13.2. The molecule has 0 N–H and O–H groups in total. The predicted octanol–water partition coefficient (Wildman–Crippen LogP) is 4.10.